The zero-order chi connectivity index (χ0) is 15.0. The van der Waals surface area contributed by atoms with E-state index in [-0.39, 0.29) is 11.9 Å². The van der Waals surface area contributed by atoms with Gasteiger partial charge >= 0.3 is 0 Å². The molecule has 1 N–H and O–H groups in total. The van der Waals surface area contributed by atoms with Gasteiger partial charge in [-0.1, -0.05) is 18.2 Å². The number of rotatable bonds is 3. The summed E-state index contributed by atoms with van der Waals surface area (Å²) in [6, 6.07) is 6.03. The molecule has 110 valence electrons. The molecule has 1 aliphatic rings. The van der Waals surface area contributed by atoms with Gasteiger partial charge in [0, 0.05) is 31.9 Å². The number of amides is 1. The van der Waals surface area contributed by atoms with Gasteiger partial charge in [0.25, 0.3) is 0 Å². The first kappa shape index (κ1) is 13.7. The fourth-order valence-corrected chi connectivity index (χ4v) is 2.87. The van der Waals surface area contributed by atoms with E-state index in [0.717, 1.165) is 24.2 Å². The second-order valence-corrected chi connectivity index (χ2v) is 5.61. The zero-order valence-corrected chi connectivity index (χ0v) is 12.6. The van der Waals surface area contributed by atoms with Crippen molar-refractivity contribution >= 4 is 11.6 Å². The van der Waals surface area contributed by atoms with Crippen molar-refractivity contribution in [3.63, 3.8) is 0 Å². The lowest BCUT2D eigenvalue weighted by atomic mass is 10.0. The number of benzene rings is 1. The van der Waals surface area contributed by atoms with Gasteiger partial charge in [-0.2, -0.15) is 0 Å². The Hall–Kier alpha value is -2.30. The predicted octanol–water partition coefficient (Wildman–Crippen LogP) is 2.17. The number of aromatic nitrogens is 2. The molecule has 0 radical (unpaired) electrons. The van der Waals surface area contributed by atoms with E-state index >= 15 is 0 Å². The predicted molar refractivity (Wildman–Crippen MR) is 83.3 cm³/mol. The highest BCUT2D eigenvalue weighted by atomic mass is 16.2. The number of carbonyl (C=O) groups is 1. The van der Waals surface area contributed by atoms with E-state index in [1.54, 1.807) is 25.3 Å². The standard InChI is InChI=1S/C16H20N4O/c1-11(16(21)19(2)3)20-10-17-9-14(20)13-6-4-5-12-7-8-18-15(12)13/h4-6,9-11,18H,7-8H2,1-3H3. The van der Waals surface area contributed by atoms with Crippen LogP contribution in [0.2, 0.25) is 0 Å². The molecule has 3 rings (SSSR count). The van der Waals surface area contributed by atoms with E-state index in [2.05, 4.69) is 28.5 Å². The molecule has 5 heteroatoms. The molecule has 0 bridgehead atoms. The quantitative estimate of drug-likeness (QED) is 0.939. The summed E-state index contributed by atoms with van der Waals surface area (Å²) < 4.78 is 1.94. The van der Waals surface area contributed by atoms with Crippen molar-refractivity contribution in [3.05, 3.63) is 36.3 Å². The zero-order valence-electron chi connectivity index (χ0n) is 12.6. The van der Waals surface area contributed by atoms with Gasteiger partial charge < -0.3 is 14.8 Å². The summed E-state index contributed by atoms with van der Waals surface area (Å²) in [6.07, 6.45) is 4.61. The summed E-state index contributed by atoms with van der Waals surface area (Å²) in [6.45, 7) is 2.87. The lowest BCUT2D eigenvalue weighted by Gasteiger charge is -2.20. The highest BCUT2D eigenvalue weighted by Gasteiger charge is 2.22. The SMILES string of the molecule is CC(C(=O)N(C)C)n1cncc1-c1cccc2c1NCC2. The van der Waals surface area contributed by atoms with Crippen molar-refractivity contribution in [3.8, 4) is 11.3 Å². The number of fused-ring (bicyclic) bond motifs is 1. The molecule has 1 aromatic heterocycles. The lowest BCUT2D eigenvalue weighted by Crippen LogP contribution is -2.30. The Bertz CT molecular complexity index is 675. The molecule has 0 saturated heterocycles. The van der Waals surface area contributed by atoms with E-state index in [0.29, 0.717) is 0 Å². The number of carbonyl (C=O) groups excluding carboxylic acids is 1. The van der Waals surface area contributed by atoms with Gasteiger partial charge in [-0.05, 0) is 18.9 Å². The maximum atomic E-state index is 12.2. The average Bonchev–Trinajstić information content (AvgIpc) is 3.13. The molecule has 1 aliphatic heterocycles. The Labute approximate surface area is 124 Å². The van der Waals surface area contributed by atoms with Gasteiger partial charge in [0.2, 0.25) is 5.91 Å². The molecule has 0 spiro atoms. The summed E-state index contributed by atoms with van der Waals surface area (Å²) >= 11 is 0. The summed E-state index contributed by atoms with van der Waals surface area (Å²) in [5, 5.41) is 3.44. The first-order chi connectivity index (χ1) is 10.1. The van der Waals surface area contributed by atoms with Crippen LogP contribution in [0.1, 0.15) is 18.5 Å². The molecule has 1 atom stereocenters. The van der Waals surface area contributed by atoms with Crippen molar-refractivity contribution < 1.29 is 4.79 Å². The summed E-state index contributed by atoms with van der Waals surface area (Å²) in [5.41, 5.74) is 4.58. The third kappa shape index (κ3) is 2.28. The first-order valence-electron chi connectivity index (χ1n) is 7.18. The molecule has 21 heavy (non-hydrogen) atoms. The van der Waals surface area contributed by atoms with Crippen LogP contribution in [0.15, 0.2) is 30.7 Å². The maximum absolute atomic E-state index is 12.2. The van der Waals surface area contributed by atoms with E-state index in [1.807, 2.05) is 17.7 Å². The number of imidazole rings is 1. The third-order valence-electron chi connectivity index (χ3n) is 4.00. The Morgan fingerprint density at radius 3 is 3.00 bits per heavy atom. The number of hydrogen-bond acceptors (Lipinski definition) is 3. The van der Waals surface area contributed by atoms with Crippen molar-refractivity contribution in [2.75, 3.05) is 26.0 Å². The normalized spacial score (nSPS) is 14.4. The summed E-state index contributed by atoms with van der Waals surface area (Å²) in [4.78, 5) is 18.1. The van der Waals surface area contributed by atoms with Crippen LogP contribution in [0.3, 0.4) is 0 Å². The van der Waals surface area contributed by atoms with Gasteiger partial charge in [0.1, 0.15) is 6.04 Å². The van der Waals surface area contributed by atoms with Crippen LogP contribution in [0.4, 0.5) is 5.69 Å². The molecule has 0 aliphatic carbocycles. The minimum atomic E-state index is -0.269. The number of para-hydroxylation sites is 1. The third-order valence-corrected chi connectivity index (χ3v) is 4.00. The Morgan fingerprint density at radius 1 is 1.43 bits per heavy atom. The lowest BCUT2D eigenvalue weighted by molar-refractivity contribution is -0.131. The first-order valence-corrected chi connectivity index (χ1v) is 7.18. The fraction of sp³-hybridized carbons (Fsp3) is 0.375. The number of hydrogen-bond donors (Lipinski definition) is 1. The fourth-order valence-electron chi connectivity index (χ4n) is 2.87. The monoisotopic (exact) mass is 284 g/mol. The van der Waals surface area contributed by atoms with Crippen LogP contribution < -0.4 is 5.32 Å². The molecular weight excluding hydrogens is 264 g/mol. The molecule has 0 saturated carbocycles. The smallest absolute Gasteiger partial charge is 0.244 e. The van der Waals surface area contributed by atoms with Crippen molar-refractivity contribution in [1.29, 1.82) is 0 Å². The van der Waals surface area contributed by atoms with Crippen molar-refractivity contribution in [2.45, 2.75) is 19.4 Å². The maximum Gasteiger partial charge on any atom is 0.244 e. The largest absolute Gasteiger partial charge is 0.384 e. The van der Waals surface area contributed by atoms with Crippen LogP contribution in [0.5, 0.6) is 0 Å². The van der Waals surface area contributed by atoms with Gasteiger partial charge in [-0.15, -0.1) is 0 Å². The minimum Gasteiger partial charge on any atom is -0.384 e. The molecule has 0 fully saturated rings. The van der Waals surface area contributed by atoms with Gasteiger partial charge in [-0.25, -0.2) is 4.98 Å². The van der Waals surface area contributed by atoms with Crippen LogP contribution >= 0.6 is 0 Å². The minimum absolute atomic E-state index is 0.0646. The molecule has 2 aromatic rings. The van der Waals surface area contributed by atoms with Crippen LogP contribution in [-0.2, 0) is 11.2 Å². The Morgan fingerprint density at radius 2 is 2.24 bits per heavy atom. The Kier molecular flexibility index (Phi) is 3.41. The number of likely N-dealkylation sites (N-methyl/N-ethyl adjacent to an activating group) is 1. The molecular formula is C16H20N4O. The molecule has 1 aromatic carbocycles. The Balaban J connectivity index is 2.04. The van der Waals surface area contributed by atoms with Gasteiger partial charge in [-0.3, -0.25) is 4.79 Å². The average molecular weight is 284 g/mol. The molecule has 2 heterocycles. The highest BCUT2D eigenvalue weighted by molar-refractivity contribution is 5.83. The molecule has 1 unspecified atom stereocenters. The molecule has 1 amide bonds. The van der Waals surface area contributed by atoms with Crippen LogP contribution in [0.25, 0.3) is 11.3 Å². The van der Waals surface area contributed by atoms with E-state index in [9.17, 15) is 4.79 Å². The van der Waals surface area contributed by atoms with Crippen LogP contribution in [-0.4, -0.2) is 41.0 Å². The van der Waals surface area contributed by atoms with Crippen molar-refractivity contribution in [2.24, 2.45) is 0 Å². The second kappa shape index (κ2) is 5.24. The summed E-state index contributed by atoms with van der Waals surface area (Å²) in [5.74, 6) is 0.0646. The summed E-state index contributed by atoms with van der Waals surface area (Å²) in [7, 11) is 3.55. The van der Waals surface area contributed by atoms with Crippen LogP contribution in [0, 0.1) is 0 Å². The van der Waals surface area contributed by atoms with Crippen molar-refractivity contribution in [1.82, 2.24) is 14.5 Å². The topological polar surface area (TPSA) is 50.2 Å². The van der Waals surface area contributed by atoms with E-state index < -0.39 is 0 Å². The van der Waals surface area contributed by atoms with E-state index in [4.69, 9.17) is 0 Å². The number of nitrogens with one attached hydrogen (secondary N) is 1. The second-order valence-electron chi connectivity index (χ2n) is 5.61. The van der Waals surface area contributed by atoms with Gasteiger partial charge in [0.05, 0.1) is 18.2 Å². The van der Waals surface area contributed by atoms with Gasteiger partial charge in [0.15, 0.2) is 0 Å². The van der Waals surface area contributed by atoms with E-state index in [1.165, 1.54) is 11.3 Å². The molecule has 5 nitrogen and oxygen atoms in total. The highest BCUT2D eigenvalue weighted by Crippen LogP contribution is 2.35. The number of nitrogens with zero attached hydrogens (tertiary/aromatic N) is 3. The number of anilines is 1.